The van der Waals surface area contributed by atoms with E-state index in [2.05, 4.69) is 32.8 Å². The van der Waals surface area contributed by atoms with Crippen LogP contribution in [-0.4, -0.2) is 47.8 Å². The predicted molar refractivity (Wildman–Crippen MR) is 157 cm³/mol. The third kappa shape index (κ3) is 6.43. The Morgan fingerprint density at radius 1 is 1.12 bits per heavy atom. The number of carbonyl (C=O) groups is 1. The summed E-state index contributed by atoms with van der Waals surface area (Å²) in [5.74, 6) is 1.66. The predicted octanol–water partition coefficient (Wildman–Crippen LogP) is 6.79. The van der Waals surface area contributed by atoms with Gasteiger partial charge in [-0.3, -0.25) is 0 Å². The van der Waals surface area contributed by atoms with Crippen LogP contribution >= 0.6 is 11.3 Å². The van der Waals surface area contributed by atoms with E-state index in [9.17, 15) is 10.1 Å². The zero-order valence-electron chi connectivity index (χ0n) is 23.7. The van der Waals surface area contributed by atoms with Gasteiger partial charge in [0.2, 0.25) is 5.82 Å². The van der Waals surface area contributed by atoms with Crippen LogP contribution in [0.25, 0.3) is 22.0 Å². The minimum atomic E-state index is -0.559. The molecule has 0 spiro atoms. The van der Waals surface area contributed by atoms with Crippen molar-refractivity contribution in [2.24, 2.45) is 0 Å². The van der Waals surface area contributed by atoms with Crippen LogP contribution in [0.4, 0.5) is 10.6 Å². The second-order valence-electron chi connectivity index (χ2n) is 10.3. The molecule has 0 unspecified atom stereocenters. The molecule has 208 valence electrons. The van der Waals surface area contributed by atoms with Crippen LogP contribution < -0.4 is 14.8 Å². The summed E-state index contributed by atoms with van der Waals surface area (Å²) in [6.07, 6.45) is -0.366. The third-order valence-corrected chi connectivity index (χ3v) is 7.26. The maximum atomic E-state index is 12.5. The first-order valence-electron chi connectivity index (χ1n) is 12.7. The summed E-state index contributed by atoms with van der Waals surface area (Å²) >= 11 is 1.62. The molecule has 10 heteroatoms. The van der Waals surface area contributed by atoms with E-state index in [0.717, 1.165) is 27.0 Å². The number of carbonyl (C=O) groups excluding carboxylic acids is 1. The second-order valence-corrected chi connectivity index (χ2v) is 11.3. The van der Waals surface area contributed by atoms with Crippen LogP contribution in [0.1, 0.15) is 50.0 Å². The molecule has 0 radical (unpaired) electrons. The normalized spacial score (nSPS) is 11.9. The molecule has 40 heavy (non-hydrogen) atoms. The molecule has 9 nitrogen and oxygen atoms in total. The van der Waals surface area contributed by atoms with Crippen LogP contribution in [0.3, 0.4) is 0 Å². The van der Waals surface area contributed by atoms with Crippen molar-refractivity contribution in [3.05, 3.63) is 64.1 Å². The van der Waals surface area contributed by atoms with Crippen molar-refractivity contribution < 1.29 is 19.0 Å². The molecule has 0 saturated carbocycles. The molecular formula is C30H33N5O4S. The van der Waals surface area contributed by atoms with Crippen molar-refractivity contribution in [2.45, 2.75) is 45.9 Å². The zero-order chi connectivity index (χ0) is 29.0. The number of nitrogens with one attached hydrogen (secondary N) is 1. The highest BCUT2D eigenvalue weighted by Gasteiger charge is 2.21. The number of rotatable bonds is 8. The van der Waals surface area contributed by atoms with Crippen molar-refractivity contribution in [3.8, 4) is 28.7 Å². The molecule has 0 saturated heterocycles. The van der Waals surface area contributed by atoms with Crippen LogP contribution in [0.15, 0.2) is 47.8 Å². The molecule has 2 aromatic heterocycles. The summed E-state index contributed by atoms with van der Waals surface area (Å²) < 4.78 is 16.4. The van der Waals surface area contributed by atoms with E-state index < -0.39 is 5.60 Å². The Balaban J connectivity index is 1.60. The number of methoxy groups -OCH3 is 2. The van der Waals surface area contributed by atoms with Gasteiger partial charge in [-0.2, -0.15) is 5.26 Å². The minimum Gasteiger partial charge on any atom is -0.493 e. The molecule has 0 aliphatic rings. The molecule has 1 atom stereocenters. The van der Waals surface area contributed by atoms with Gasteiger partial charge in [0.15, 0.2) is 11.5 Å². The average molecular weight is 560 g/mol. The molecule has 0 bridgehead atoms. The number of nitrogens with zero attached hydrogens (tertiary/aromatic N) is 4. The molecule has 4 aromatic rings. The molecule has 0 aliphatic heterocycles. The van der Waals surface area contributed by atoms with Crippen molar-refractivity contribution in [1.82, 2.24) is 14.9 Å². The van der Waals surface area contributed by atoms with Crippen LogP contribution in [0.5, 0.6) is 11.5 Å². The third-order valence-electron chi connectivity index (χ3n) is 6.14. The number of aromatic nitrogens is 2. The van der Waals surface area contributed by atoms with Crippen molar-refractivity contribution >= 4 is 34.2 Å². The lowest BCUT2D eigenvalue weighted by molar-refractivity contribution is 0.0285. The summed E-state index contributed by atoms with van der Waals surface area (Å²) in [5, 5.41) is 15.8. The van der Waals surface area contributed by atoms with E-state index >= 15 is 0 Å². The highest BCUT2D eigenvalue weighted by molar-refractivity contribution is 7.10. The fourth-order valence-electron chi connectivity index (χ4n) is 4.21. The van der Waals surface area contributed by atoms with Crippen molar-refractivity contribution in [3.63, 3.8) is 0 Å². The Hall–Kier alpha value is -4.36. The molecule has 1 amide bonds. The fourth-order valence-corrected chi connectivity index (χ4v) is 5.13. The average Bonchev–Trinajstić information content (AvgIpc) is 3.42. The first-order chi connectivity index (χ1) is 19.0. The SMILES string of the molecule is COc1cc2nc(C#N)nc(N[C@H](C)c3cc(-c4ccccc4CN(C)C(=O)OC(C)(C)C)cs3)c2cc1OC. The van der Waals surface area contributed by atoms with Gasteiger partial charge in [0.25, 0.3) is 0 Å². The van der Waals surface area contributed by atoms with Gasteiger partial charge >= 0.3 is 6.09 Å². The largest absolute Gasteiger partial charge is 0.493 e. The maximum absolute atomic E-state index is 12.5. The summed E-state index contributed by atoms with van der Waals surface area (Å²) in [5.41, 5.74) is 3.13. The number of benzene rings is 2. The quantitative estimate of drug-likeness (QED) is 0.251. The van der Waals surface area contributed by atoms with Gasteiger partial charge in [-0.25, -0.2) is 14.8 Å². The monoisotopic (exact) mass is 559 g/mol. The summed E-state index contributed by atoms with van der Waals surface area (Å²) in [4.78, 5) is 24.0. The Kier molecular flexibility index (Phi) is 8.45. The number of hydrogen-bond acceptors (Lipinski definition) is 9. The van der Waals surface area contributed by atoms with Crippen molar-refractivity contribution in [1.29, 1.82) is 5.26 Å². The second kappa shape index (κ2) is 11.8. The van der Waals surface area contributed by atoms with E-state index in [1.54, 1.807) is 43.6 Å². The van der Waals surface area contributed by atoms with Gasteiger partial charge < -0.3 is 24.4 Å². The molecule has 2 heterocycles. The smallest absolute Gasteiger partial charge is 0.410 e. The topological polar surface area (TPSA) is 110 Å². The zero-order valence-corrected chi connectivity index (χ0v) is 24.5. The first-order valence-corrected chi connectivity index (χ1v) is 13.6. The van der Waals surface area contributed by atoms with E-state index in [0.29, 0.717) is 29.4 Å². The van der Waals surface area contributed by atoms with Gasteiger partial charge in [0.05, 0.1) is 25.8 Å². The van der Waals surface area contributed by atoms with E-state index in [1.165, 1.54) is 0 Å². The van der Waals surface area contributed by atoms with Gasteiger partial charge in [0, 0.05) is 29.9 Å². The number of amides is 1. The Morgan fingerprint density at radius 2 is 1.82 bits per heavy atom. The summed E-state index contributed by atoms with van der Waals surface area (Å²) in [6, 6.07) is 15.6. The van der Waals surface area contributed by atoms with E-state index in [1.807, 2.05) is 58.0 Å². The molecule has 4 rings (SSSR count). The fraction of sp³-hybridized carbons (Fsp3) is 0.333. The molecular weight excluding hydrogens is 526 g/mol. The Bertz CT molecular complexity index is 1570. The maximum Gasteiger partial charge on any atom is 0.410 e. The van der Waals surface area contributed by atoms with Crippen LogP contribution in [0.2, 0.25) is 0 Å². The van der Waals surface area contributed by atoms with Gasteiger partial charge in [-0.1, -0.05) is 24.3 Å². The van der Waals surface area contributed by atoms with E-state index in [4.69, 9.17) is 14.2 Å². The first kappa shape index (κ1) is 28.6. The molecule has 0 aliphatic carbocycles. The van der Waals surface area contributed by atoms with Gasteiger partial charge in [0.1, 0.15) is 17.5 Å². The number of nitriles is 1. The van der Waals surface area contributed by atoms with Gasteiger partial charge in [-0.15, -0.1) is 11.3 Å². The summed E-state index contributed by atoms with van der Waals surface area (Å²) in [6.45, 7) is 8.02. The Labute approximate surface area is 238 Å². The Morgan fingerprint density at radius 3 is 2.50 bits per heavy atom. The van der Waals surface area contributed by atoms with Gasteiger partial charge in [-0.05, 0) is 61.9 Å². The standard InChI is InChI=1S/C30H33N5O4S/c1-18(32-28-22-13-24(37-6)25(38-7)14-23(22)33-27(15-31)34-28)26-12-20(17-40-26)21-11-9-8-10-19(21)16-35(5)29(36)39-30(2,3)4/h8-14,17-18H,16H2,1-7H3,(H,32,33,34)/t18-/m1/s1. The van der Waals surface area contributed by atoms with E-state index in [-0.39, 0.29) is 18.0 Å². The molecule has 2 aromatic carbocycles. The van der Waals surface area contributed by atoms with Crippen LogP contribution in [-0.2, 0) is 11.3 Å². The highest BCUT2D eigenvalue weighted by Crippen LogP contribution is 2.37. The number of thiophene rings is 1. The molecule has 1 N–H and O–H groups in total. The number of anilines is 1. The van der Waals surface area contributed by atoms with Crippen LogP contribution in [0, 0.1) is 11.3 Å². The molecule has 0 fully saturated rings. The van der Waals surface area contributed by atoms with Crippen molar-refractivity contribution in [2.75, 3.05) is 26.6 Å². The summed E-state index contributed by atoms with van der Waals surface area (Å²) in [7, 11) is 4.86. The lowest BCUT2D eigenvalue weighted by atomic mass is 10.0. The minimum absolute atomic E-state index is 0.0596. The number of hydrogen-bond donors (Lipinski definition) is 1. The number of ether oxygens (including phenoxy) is 3. The highest BCUT2D eigenvalue weighted by atomic mass is 32.1. The number of fused-ring (bicyclic) bond motifs is 1. The lowest BCUT2D eigenvalue weighted by Crippen LogP contribution is -2.33. The lowest BCUT2D eigenvalue weighted by Gasteiger charge is -2.25.